The third kappa shape index (κ3) is 2.77. The number of anilines is 1. The second-order valence-electron chi connectivity index (χ2n) is 5.04. The summed E-state index contributed by atoms with van der Waals surface area (Å²) in [6, 6.07) is 0. The van der Waals surface area contributed by atoms with Gasteiger partial charge in [-0.05, 0) is 24.7 Å². The minimum absolute atomic E-state index is 0.847. The van der Waals surface area contributed by atoms with Crippen molar-refractivity contribution in [2.45, 2.75) is 39.0 Å². The Morgan fingerprint density at radius 3 is 2.56 bits per heavy atom. The lowest BCUT2D eigenvalue weighted by Gasteiger charge is -2.27. The van der Waals surface area contributed by atoms with Crippen molar-refractivity contribution >= 4 is 5.95 Å². The number of hydrogen-bond acceptors (Lipinski definition) is 2. The van der Waals surface area contributed by atoms with Gasteiger partial charge >= 0.3 is 0 Å². The molecule has 0 atom stereocenters. The molecule has 1 aromatic heterocycles. The summed E-state index contributed by atoms with van der Waals surface area (Å²) >= 11 is 0. The van der Waals surface area contributed by atoms with Gasteiger partial charge in [0, 0.05) is 26.0 Å². The Morgan fingerprint density at radius 2 is 2.00 bits per heavy atom. The Balaban J connectivity index is 1.73. The van der Waals surface area contributed by atoms with E-state index in [1.165, 1.54) is 32.1 Å². The van der Waals surface area contributed by atoms with Crippen molar-refractivity contribution in [2.75, 3.05) is 11.9 Å². The number of nitrogens with zero attached hydrogens (tertiary/aromatic N) is 2. The van der Waals surface area contributed by atoms with Crippen molar-refractivity contribution in [1.29, 1.82) is 0 Å². The molecule has 0 aromatic carbocycles. The fourth-order valence-electron chi connectivity index (χ4n) is 2.62. The van der Waals surface area contributed by atoms with Crippen LogP contribution in [0.15, 0.2) is 12.4 Å². The topological polar surface area (TPSA) is 29.9 Å². The summed E-state index contributed by atoms with van der Waals surface area (Å²) in [5.74, 6) is 2.83. The van der Waals surface area contributed by atoms with Gasteiger partial charge in [0.15, 0.2) is 0 Å². The fourth-order valence-corrected chi connectivity index (χ4v) is 2.62. The summed E-state index contributed by atoms with van der Waals surface area (Å²) in [4.78, 5) is 4.28. The first-order valence-electron chi connectivity index (χ1n) is 6.50. The van der Waals surface area contributed by atoms with Gasteiger partial charge in [-0.25, -0.2) is 4.98 Å². The van der Waals surface area contributed by atoms with E-state index in [1.54, 1.807) is 0 Å². The molecule has 1 aliphatic carbocycles. The molecule has 0 amide bonds. The molecule has 0 bridgehead atoms. The minimum atomic E-state index is 0.847. The van der Waals surface area contributed by atoms with E-state index in [0.29, 0.717) is 0 Å². The molecule has 1 aliphatic rings. The largest absolute Gasteiger partial charge is 0.355 e. The van der Waals surface area contributed by atoms with Gasteiger partial charge in [0.2, 0.25) is 5.95 Å². The summed E-state index contributed by atoms with van der Waals surface area (Å²) in [5.41, 5.74) is 0. The number of aromatic nitrogens is 2. The van der Waals surface area contributed by atoms with Crippen LogP contribution in [0.2, 0.25) is 0 Å². The predicted molar refractivity (Wildman–Crippen MR) is 67.4 cm³/mol. The molecule has 16 heavy (non-hydrogen) atoms. The monoisotopic (exact) mass is 221 g/mol. The maximum absolute atomic E-state index is 4.28. The van der Waals surface area contributed by atoms with Gasteiger partial charge in [-0.2, -0.15) is 0 Å². The smallest absolute Gasteiger partial charge is 0.202 e. The quantitative estimate of drug-likeness (QED) is 0.847. The first kappa shape index (κ1) is 11.5. The molecular weight excluding hydrogens is 198 g/mol. The molecular formula is C13H23N3. The Bertz CT molecular complexity index is 311. The average molecular weight is 221 g/mol. The number of imidazole rings is 1. The van der Waals surface area contributed by atoms with Crippen molar-refractivity contribution in [3.05, 3.63) is 12.4 Å². The third-order valence-corrected chi connectivity index (χ3v) is 3.91. The molecule has 1 heterocycles. The number of aryl methyl sites for hydroxylation is 1. The van der Waals surface area contributed by atoms with Gasteiger partial charge in [-0.15, -0.1) is 0 Å². The molecule has 1 N–H and O–H groups in total. The van der Waals surface area contributed by atoms with Crippen LogP contribution in [0, 0.1) is 11.8 Å². The van der Waals surface area contributed by atoms with Gasteiger partial charge < -0.3 is 9.88 Å². The summed E-state index contributed by atoms with van der Waals surface area (Å²) in [7, 11) is 2.03. The molecule has 3 heteroatoms. The Kier molecular flexibility index (Phi) is 3.86. The highest BCUT2D eigenvalue weighted by Gasteiger charge is 2.19. The lowest BCUT2D eigenvalue weighted by atomic mass is 9.81. The van der Waals surface area contributed by atoms with E-state index in [0.717, 1.165) is 24.3 Å². The predicted octanol–water partition coefficient (Wildman–Crippen LogP) is 3.05. The van der Waals surface area contributed by atoms with Crippen LogP contribution in [0.3, 0.4) is 0 Å². The van der Waals surface area contributed by atoms with E-state index in [1.807, 2.05) is 24.0 Å². The maximum Gasteiger partial charge on any atom is 0.202 e. The van der Waals surface area contributed by atoms with E-state index >= 15 is 0 Å². The standard InChI is InChI=1S/C13H23N3/c1-3-11-4-6-12(7-5-11)10-15-13-14-8-9-16(13)2/h8-9,11-12H,3-7,10H2,1-2H3,(H,14,15). The minimum Gasteiger partial charge on any atom is -0.355 e. The molecule has 0 spiro atoms. The van der Waals surface area contributed by atoms with E-state index in [4.69, 9.17) is 0 Å². The van der Waals surface area contributed by atoms with E-state index in [2.05, 4.69) is 17.2 Å². The van der Waals surface area contributed by atoms with Crippen LogP contribution in [-0.4, -0.2) is 16.1 Å². The maximum atomic E-state index is 4.28. The first-order valence-corrected chi connectivity index (χ1v) is 6.50. The molecule has 0 unspecified atom stereocenters. The van der Waals surface area contributed by atoms with Crippen LogP contribution in [0.5, 0.6) is 0 Å². The first-order chi connectivity index (χ1) is 7.79. The lowest BCUT2D eigenvalue weighted by molar-refractivity contribution is 0.278. The van der Waals surface area contributed by atoms with Crippen molar-refractivity contribution in [2.24, 2.45) is 18.9 Å². The molecule has 1 saturated carbocycles. The van der Waals surface area contributed by atoms with Crippen molar-refractivity contribution < 1.29 is 0 Å². The van der Waals surface area contributed by atoms with Crippen LogP contribution in [0.25, 0.3) is 0 Å². The van der Waals surface area contributed by atoms with Gasteiger partial charge in [0.05, 0.1) is 0 Å². The summed E-state index contributed by atoms with van der Waals surface area (Å²) in [6.07, 6.45) is 10.8. The van der Waals surface area contributed by atoms with E-state index < -0.39 is 0 Å². The summed E-state index contributed by atoms with van der Waals surface area (Å²) in [6.45, 7) is 3.40. The SMILES string of the molecule is CCC1CCC(CNc2nccn2C)CC1. The Morgan fingerprint density at radius 1 is 1.31 bits per heavy atom. The Hall–Kier alpha value is -0.990. The van der Waals surface area contributed by atoms with Crippen LogP contribution in [0.4, 0.5) is 5.95 Å². The van der Waals surface area contributed by atoms with Crippen molar-refractivity contribution in [3.8, 4) is 0 Å². The second-order valence-corrected chi connectivity index (χ2v) is 5.04. The van der Waals surface area contributed by atoms with Crippen LogP contribution in [0.1, 0.15) is 39.0 Å². The van der Waals surface area contributed by atoms with Crippen LogP contribution >= 0.6 is 0 Å². The highest BCUT2D eigenvalue weighted by molar-refractivity contribution is 5.25. The number of hydrogen-bond donors (Lipinski definition) is 1. The number of rotatable bonds is 4. The normalized spacial score (nSPS) is 25.6. The zero-order chi connectivity index (χ0) is 11.4. The zero-order valence-electron chi connectivity index (χ0n) is 10.4. The molecule has 3 nitrogen and oxygen atoms in total. The van der Waals surface area contributed by atoms with Gasteiger partial charge in [-0.1, -0.05) is 26.2 Å². The molecule has 1 fully saturated rings. The number of nitrogens with one attached hydrogen (secondary N) is 1. The van der Waals surface area contributed by atoms with Gasteiger partial charge in [0.1, 0.15) is 0 Å². The van der Waals surface area contributed by atoms with Crippen LogP contribution in [-0.2, 0) is 7.05 Å². The van der Waals surface area contributed by atoms with Gasteiger partial charge in [0.25, 0.3) is 0 Å². The second kappa shape index (κ2) is 5.37. The highest BCUT2D eigenvalue weighted by Crippen LogP contribution is 2.30. The molecule has 1 aromatic rings. The molecule has 0 saturated heterocycles. The highest BCUT2D eigenvalue weighted by atomic mass is 15.2. The van der Waals surface area contributed by atoms with Crippen LogP contribution < -0.4 is 5.32 Å². The molecule has 90 valence electrons. The van der Waals surface area contributed by atoms with Crippen molar-refractivity contribution in [1.82, 2.24) is 9.55 Å². The average Bonchev–Trinajstić information content (AvgIpc) is 2.73. The molecule has 0 aliphatic heterocycles. The lowest BCUT2D eigenvalue weighted by Crippen LogP contribution is -2.21. The summed E-state index contributed by atoms with van der Waals surface area (Å²) in [5, 5.41) is 3.45. The Labute approximate surface area is 98.3 Å². The zero-order valence-corrected chi connectivity index (χ0v) is 10.4. The van der Waals surface area contributed by atoms with Gasteiger partial charge in [-0.3, -0.25) is 0 Å². The van der Waals surface area contributed by atoms with E-state index in [9.17, 15) is 0 Å². The molecule has 0 radical (unpaired) electrons. The van der Waals surface area contributed by atoms with E-state index in [-0.39, 0.29) is 0 Å². The molecule has 2 rings (SSSR count). The third-order valence-electron chi connectivity index (χ3n) is 3.91. The van der Waals surface area contributed by atoms with Crippen molar-refractivity contribution in [3.63, 3.8) is 0 Å². The summed E-state index contributed by atoms with van der Waals surface area (Å²) < 4.78 is 2.04. The fraction of sp³-hybridized carbons (Fsp3) is 0.769.